The molecule has 2 aromatic heterocycles. The Bertz CT molecular complexity index is 1230. The number of rotatable bonds is 6. The maximum atomic E-state index is 12.4. The van der Waals surface area contributed by atoms with Crippen LogP contribution in [0.1, 0.15) is 17.4 Å². The molecule has 0 aliphatic heterocycles. The van der Waals surface area contributed by atoms with Crippen LogP contribution in [0.3, 0.4) is 0 Å². The molecule has 150 valence electrons. The first kappa shape index (κ1) is 20.0. The van der Waals surface area contributed by atoms with Gasteiger partial charge in [-0.15, -0.1) is 22.7 Å². The molecule has 0 saturated carbocycles. The SMILES string of the molecule is CC(=O)NCc1ccc(-c2csc(NC(=O)/C=C/c3cccc4ccccc34)n2)s1. The molecule has 2 heterocycles. The number of hydrogen-bond donors (Lipinski definition) is 2. The number of thiazole rings is 1. The molecule has 0 saturated heterocycles. The average Bonchev–Trinajstić information content (AvgIpc) is 3.40. The van der Waals surface area contributed by atoms with Crippen molar-refractivity contribution in [3.63, 3.8) is 0 Å². The van der Waals surface area contributed by atoms with Crippen molar-refractivity contribution in [1.29, 1.82) is 0 Å². The van der Waals surface area contributed by atoms with Crippen LogP contribution >= 0.6 is 22.7 Å². The van der Waals surface area contributed by atoms with Crippen LogP contribution in [-0.2, 0) is 16.1 Å². The van der Waals surface area contributed by atoms with Gasteiger partial charge in [-0.2, -0.15) is 0 Å². The zero-order chi connectivity index (χ0) is 20.9. The van der Waals surface area contributed by atoms with Gasteiger partial charge in [0.15, 0.2) is 5.13 Å². The predicted molar refractivity (Wildman–Crippen MR) is 125 cm³/mol. The minimum absolute atomic E-state index is 0.0554. The van der Waals surface area contributed by atoms with Gasteiger partial charge in [0, 0.05) is 23.3 Å². The van der Waals surface area contributed by atoms with Crippen molar-refractivity contribution in [1.82, 2.24) is 10.3 Å². The Labute approximate surface area is 182 Å². The van der Waals surface area contributed by atoms with E-state index in [1.807, 2.05) is 53.9 Å². The number of benzene rings is 2. The van der Waals surface area contributed by atoms with E-state index in [1.54, 1.807) is 11.3 Å². The van der Waals surface area contributed by atoms with Gasteiger partial charge in [-0.25, -0.2) is 4.98 Å². The van der Waals surface area contributed by atoms with Crippen molar-refractivity contribution in [2.24, 2.45) is 0 Å². The zero-order valence-electron chi connectivity index (χ0n) is 16.2. The summed E-state index contributed by atoms with van der Waals surface area (Å²) in [5.74, 6) is -0.276. The monoisotopic (exact) mass is 433 g/mol. The fraction of sp³-hybridized carbons (Fsp3) is 0.0870. The van der Waals surface area contributed by atoms with Crippen molar-refractivity contribution in [3.05, 3.63) is 76.5 Å². The van der Waals surface area contributed by atoms with Crippen LogP contribution in [0.5, 0.6) is 0 Å². The zero-order valence-corrected chi connectivity index (χ0v) is 17.8. The van der Waals surface area contributed by atoms with Gasteiger partial charge >= 0.3 is 0 Å². The third-order valence-electron chi connectivity index (χ3n) is 4.40. The molecule has 0 bridgehead atoms. The lowest BCUT2D eigenvalue weighted by Gasteiger charge is -2.01. The Hall–Kier alpha value is -3.29. The molecule has 0 atom stereocenters. The smallest absolute Gasteiger partial charge is 0.250 e. The maximum absolute atomic E-state index is 12.4. The van der Waals surface area contributed by atoms with Gasteiger partial charge in [0.2, 0.25) is 11.8 Å². The highest BCUT2D eigenvalue weighted by Crippen LogP contribution is 2.30. The van der Waals surface area contributed by atoms with E-state index in [2.05, 4.69) is 27.8 Å². The Kier molecular flexibility index (Phi) is 6.02. The van der Waals surface area contributed by atoms with Gasteiger partial charge in [-0.3, -0.25) is 14.9 Å². The van der Waals surface area contributed by atoms with Gasteiger partial charge in [0.05, 0.1) is 17.1 Å². The predicted octanol–water partition coefficient (Wildman–Crippen LogP) is 5.31. The van der Waals surface area contributed by atoms with E-state index in [-0.39, 0.29) is 11.8 Å². The first-order valence-electron chi connectivity index (χ1n) is 9.34. The summed E-state index contributed by atoms with van der Waals surface area (Å²) in [6.07, 6.45) is 3.35. The summed E-state index contributed by atoms with van der Waals surface area (Å²) in [6, 6.07) is 18.1. The van der Waals surface area contributed by atoms with Crippen LogP contribution in [0.2, 0.25) is 0 Å². The topological polar surface area (TPSA) is 71.1 Å². The van der Waals surface area contributed by atoms with E-state index in [0.29, 0.717) is 11.7 Å². The molecule has 7 heteroatoms. The number of amides is 2. The van der Waals surface area contributed by atoms with Crippen molar-refractivity contribution < 1.29 is 9.59 Å². The van der Waals surface area contributed by atoms with Gasteiger partial charge in [-0.1, -0.05) is 42.5 Å². The molecule has 4 aromatic rings. The average molecular weight is 434 g/mol. The molecule has 2 aromatic carbocycles. The third kappa shape index (κ3) is 4.82. The molecule has 0 spiro atoms. The van der Waals surface area contributed by atoms with E-state index in [0.717, 1.165) is 31.8 Å². The number of nitrogens with one attached hydrogen (secondary N) is 2. The van der Waals surface area contributed by atoms with Crippen LogP contribution in [-0.4, -0.2) is 16.8 Å². The molecule has 0 radical (unpaired) electrons. The number of nitrogens with zero attached hydrogens (tertiary/aromatic N) is 1. The minimum atomic E-state index is -0.221. The van der Waals surface area contributed by atoms with Crippen LogP contribution in [0, 0.1) is 0 Å². The highest BCUT2D eigenvalue weighted by Gasteiger charge is 2.09. The number of thiophene rings is 1. The highest BCUT2D eigenvalue weighted by molar-refractivity contribution is 7.17. The summed E-state index contributed by atoms with van der Waals surface area (Å²) >= 11 is 2.96. The summed E-state index contributed by atoms with van der Waals surface area (Å²) in [6.45, 7) is 2.01. The number of carbonyl (C=O) groups excluding carboxylic acids is 2. The molecule has 30 heavy (non-hydrogen) atoms. The first-order chi connectivity index (χ1) is 14.6. The van der Waals surface area contributed by atoms with Crippen molar-refractivity contribution in [3.8, 4) is 10.6 Å². The molecule has 2 amide bonds. The summed E-state index contributed by atoms with van der Waals surface area (Å²) in [4.78, 5) is 30.0. The van der Waals surface area contributed by atoms with Gasteiger partial charge < -0.3 is 5.32 Å². The van der Waals surface area contributed by atoms with E-state index in [4.69, 9.17) is 0 Å². The lowest BCUT2D eigenvalue weighted by molar-refractivity contribution is -0.119. The summed E-state index contributed by atoms with van der Waals surface area (Å²) < 4.78 is 0. The van der Waals surface area contributed by atoms with E-state index in [9.17, 15) is 9.59 Å². The van der Waals surface area contributed by atoms with Gasteiger partial charge in [0.1, 0.15) is 0 Å². The Morgan fingerprint density at radius 3 is 2.77 bits per heavy atom. The highest BCUT2D eigenvalue weighted by atomic mass is 32.1. The van der Waals surface area contributed by atoms with E-state index >= 15 is 0 Å². The second kappa shape index (κ2) is 9.02. The van der Waals surface area contributed by atoms with Crippen LogP contribution in [0.25, 0.3) is 27.4 Å². The Morgan fingerprint density at radius 1 is 1.07 bits per heavy atom. The Balaban J connectivity index is 1.41. The molecule has 0 aliphatic carbocycles. The maximum Gasteiger partial charge on any atom is 0.250 e. The molecular formula is C23H19N3O2S2. The first-order valence-corrected chi connectivity index (χ1v) is 11.0. The lowest BCUT2D eigenvalue weighted by Crippen LogP contribution is -2.17. The standard InChI is InChI=1S/C23H19N3O2S2/c1-15(27)24-13-18-10-11-21(30-18)20-14-29-23(25-20)26-22(28)12-9-17-7-4-6-16-5-2-3-8-19(16)17/h2-12,14H,13H2,1H3,(H,24,27)(H,25,26,28)/b12-9+. The summed E-state index contributed by atoms with van der Waals surface area (Å²) in [5.41, 5.74) is 1.81. The summed E-state index contributed by atoms with van der Waals surface area (Å²) in [5, 5.41) is 10.3. The number of anilines is 1. The van der Waals surface area contributed by atoms with Crippen LogP contribution in [0.15, 0.2) is 66.1 Å². The van der Waals surface area contributed by atoms with Crippen molar-refractivity contribution in [2.75, 3.05) is 5.32 Å². The van der Waals surface area contributed by atoms with Crippen LogP contribution in [0.4, 0.5) is 5.13 Å². The quantitative estimate of drug-likeness (QED) is 0.405. The van der Waals surface area contributed by atoms with Crippen molar-refractivity contribution >= 4 is 56.5 Å². The molecular weight excluding hydrogens is 414 g/mol. The van der Waals surface area contributed by atoms with E-state index in [1.165, 1.54) is 24.3 Å². The fourth-order valence-electron chi connectivity index (χ4n) is 2.97. The number of aromatic nitrogens is 1. The molecule has 0 unspecified atom stereocenters. The number of carbonyl (C=O) groups is 2. The second-order valence-corrected chi connectivity index (χ2v) is 8.63. The largest absolute Gasteiger partial charge is 0.351 e. The third-order valence-corrected chi connectivity index (χ3v) is 6.26. The fourth-order valence-corrected chi connectivity index (χ4v) is 4.67. The lowest BCUT2D eigenvalue weighted by atomic mass is 10.0. The minimum Gasteiger partial charge on any atom is -0.351 e. The summed E-state index contributed by atoms with van der Waals surface area (Å²) in [7, 11) is 0. The normalized spacial score (nSPS) is 11.1. The van der Waals surface area contributed by atoms with Crippen LogP contribution < -0.4 is 10.6 Å². The van der Waals surface area contributed by atoms with E-state index < -0.39 is 0 Å². The number of hydrogen-bond acceptors (Lipinski definition) is 5. The Morgan fingerprint density at radius 2 is 1.90 bits per heavy atom. The molecule has 2 N–H and O–H groups in total. The second-order valence-electron chi connectivity index (χ2n) is 6.60. The number of fused-ring (bicyclic) bond motifs is 1. The van der Waals surface area contributed by atoms with Gasteiger partial charge in [0.25, 0.3) is 0 Å². The molecule has 4 rings (SSSR count). The molecule has 0 fully saturated rings. The molecule has 5 nitrogen and oxygen atoms in total. The molecule has 0 aliphatic rings. The van der Waals surface area contributed by atoms with Crippen molar-refractivity contribution in [2.45, 2.75) is 13.5 Å². The van der Waals surface area contributed by atoms with Gasteiger partial charge in [-0.05, 0) is 34.5 Å².